The lowest BCUT2D eigenvalue weighted by atomic mass is 10.2. The Labute approximate surface area is 169 Å². The Morgan fingerprint density at radius 2 is 1.75 bits per heavy atom. The quantitative estimate of drug-likeness (QED) is 0.660. The lowest BCUT2D eigenvalue weighted by Crippen LogP contribution is -2.47. The maximum absolute atomic E-state index is 13.2. The Morgan fingerprint density at radius 1 is 1.04 bits per heavy atom. The summed E-state index contributed by atoms with van der Waals surface area (Å²) in [6.45, 7) is 5.69. The van der Waals surface area contributed by atoms with Gasteiger partial charge in [-0.05, 0) is 37.1 Å². The standard InChI is InChI=1S/C22H23ClN4O/c1-3-19-16(2)24-22-26(18-10-5-4-6-11-18)14-25(15-27(22)21(19)28)13-17-9-7-8-12-20(17)23/h4-12H,3,13-15H2,1-2H3. The van der Waals surface area contributed by atoms with Gasteiger partial charge in [-0.3, -0.25) is 19.2 Å². The molecule has 2 heterocycles. The van der Waals surface area contributed by atoms with E-state index in [0.29, 0.717) is 32.3 Å². The van der Waals surface area contributed by atoms with Crippen molar-refractivity contribution in [2.24, 2.45) is 0 Å². The summed E-state index contributed by atoms with van der Waals surface area (Å²) in [5.74, 6) is 0.696. The molecular formula is C22H23ClN4O. The van der Waals surface area contributed by atoms with Crippen molar-refractivity contribution in [3.63, 3.8) is 0 Å². The number of nitrogens with zero attached hydrogens (tertiary/aromatic N) is 4. The first-order chi connectivity index (χ1) is 13.6. The molecular weight excluding hydrogens is 372 g/mol. The molecule has 2 aromatic carbocycles. The van der Waals surface area contributed by atoms with Crippen LogP contribution in [0.2, 0.25) is 5.02 Å². The van der Waals surface area contributed by atoms with Crippen LogP contribution in [0.5, 0.6) is 0 Å². The van der Waals surface area contributed by atoms with Gasteiger partial charge in [0.2, 0.25) is 5.95 Å². The monoisotopic (exact) mass is 394 g/mol. The van der Waals surface area contributed by atoms with Gasteiger partial charge in [0, 0.05) is 28.5 Å². The van der Waals surface area contributed by atoms with Gasteiger partial charge in [0.05, 0.1) is 13.3 Å². The van der Waals surface area contributed by atoms with Gasteiger partial charge in [0.15, 0.2) is 0 Å². The number of fused-ring (bicyclic) bond motifs is 1. The lowest BCUT2D eigenvalue weighted by Gasteiger charge is -2.38. The van der Waals surface area contributed by atoms with Crippen molar-refractivity contribution in [3.8, 4) is 0 Å². The predicted molar refractivity (Wildman–Crippen MR) is 113 cm³/mol. The van der Waals surface area contributed by atoms with Crippen LogP contribution in [0.3, 0.4) is 0 Å². The van der Waals surface area contributed by atoms with E-state index in [-0.39, 0.29) is 5.56 Å². The van der Waals surface area contributed by atoms with Crippen LogP contribution < -0.4 is 10.5 Å². The highest BCUT2D eigenvalue weighted by molar-refractivity contribution is 6.31. The van der Waals surface area contributed by atoms with E-state index >= 15 is 0 Å². The smallest absolute Gasteiger partial charge is 0.259 e. The van der Waals surface area contributed by atoms with Gasteiger partial charge in [0.1, 0.15) is 0 Å². The molecule has 0 saturated heterocycles. The van der Waals surface area contributed by atoms with E-state index in [1.165, 1.54) is 0 Å². The first kappa shape index (κ1) is 18.7. The maximum atomic E-state index is 13.2. The summed E-state index contributed by atoms with van der Waals surface area (Å²) >= 11 is 6.38. The summed E-state index contributed by atoms with van der Waals surface area (Å²) in [7, 11) is 0. The molecule has 0 radical (unpaired) electrons. The molecule has 0 N–H and O–H groups in total. The van der Waals surface area contributed by atoms with Gasteiger partial charge in [-0.1, -0.05) is 54.9 Å². The minimum Gasteiger partial charge on any atom is -0.298 e. The molecule has 0 saturated carbocycles. The van der Waals surface area contributed by atoms with Crippen LogP contribution in [0.4, 0.5) is 11.6 Å². The zero-order chi connectivity index (χ0) is 19.7. The number of anilines is 2. The Balaban J connectivity index is 1.79. The third-order valence-corrected chi connectivity index (χ3v) is 5.52. The fourth-order valence-corrected chi connectivity index (χ4v) is 3.90. The lowest BCUT2D eigenvalue weighted by molar-refractivity contribution is 0.190. The molecule has 0 atom stereocenters. The van der Waals surface area contributed by atoms with Crippen molar-refractivity contribution < 1.29 is 0 Å². The molecule has 0 spiro atoms. The van der Waals surface area contributed by atoms with Gasteiger partial charge >= 0.3 is 0 Å². The second-order valence-electron chi connectivity index (χ2n) is 7.03. The number of hydrogen-bond acceptors (Lipinski definition) is 4. The summed E-state index contributed by atoms with van der Waals surface area (Å²) in [5, 5.41) is 0.739. The Kier molecular flexibility index (Phi) is 5.20. The molecule has 1 aromatic heterocycles. The number of halogens is 1. The molecule has 0 fully saturated rings. The normalized spacial score (nSPS) is 14.2. The summed E-state index contributed by atoms with van der Waals surface area (Å²) in [4.78, 5) is 22.2. The number of aryl methyl sites for hydroxylation is 1. The molecule has 28 heavy (non-hydrogen) atoms. The molecule has 1 aliphatic heterocycles. The highest BCUT2D eigenvalue weighted by atomic mass is 35.5. The molecule has 3 aromatic rings. The highest BCUT2D eigenvalue weighted by Crippen LogP contribution is 2.29. The third kappa shape index (κ3) is 3.43. The zero-order valence-corrected chi connectivity index (χ0v) is 16.9. The van der Waals surface area contributed by atoms with Crippen LogP contribution >= 0.6 is 11.6 Å². The second kappa shape index (κ2) is 7.78. The van der Waals surface area contributed by atoms with Crippen LogP contribution in [0.25, 0.3) is 0 Å². The molecule has 1 aliphatic rings. The average molecular weight is 395 g/mol. The molecule has 4 rings (SSSR count). The molecule has 5 nitrogen and oxygen atoms in total. The number of benzene rings is 2. The van der Waals surface area contributed by atoms with Crippen molar-refractivity contribution >= 4 is 23.2 Å². The van der Waals surface area contributed by atoms with Crippen LogP contribution in [-0.4, -0.2) is 21.1 Å². The maximum Gasteiger partial charge on any atom is 0.259 e. The van der Waals surface area contributed by atoms with Crippen LogP contribution in [0.1, 0.15) is 23.7 Å². The summed E-state index contributed by atoms with van der Waals surface area (Å²) in [6, 6.07) is 17.9. The molecule has 6 heteroatoms. The summed E-state index contributed by atoms with van der Waals surface area (Å²) in [5.41, 5.74) is 3.67. The Bertz CT molecular complexity index is 1050. The summed E-state index contributed by atoms with van der Waals surface area (Å²) in [6.07, 6.45) is 0.674. The first-order valence-electron chi connectivity index (χ1n) is 9.47. The zero-order valence-electron chi connectivity index (χ0n) is 16.1. The van der Waals surface area contributed by atoms with E-state index in [4.69, 9.17) is 16.6 Å². The number of aromatic nitrogens is 2. The van der Waals surface area contributed by atoms with E-state index < -0.39 is 0 Å². The number of hydrogen-bond donors (Lipinski definition) is 0. The van der Waals surface area contributed by atoms with Gasteiger partial charge in [-0.2, -0.15) is 0 Å². The predicted octanol–water partition coefficient (Wildman–Crippen LogP) is 4.34. The topological polar surface area (TPSA) is 41.4 Å². The third-order valence-electron chi connectivity index (χ3n) is 5.15. The fraction of sp³-hybridized carbons (Fsp3) is 0.273. The molecule has 144 valence electrons. The van der Waals surface area contributed by atoms with Gasteiger partial charge in [0.25, 0.3) is 5.56 Å². The van der Waals surface area contributed by atoms with Crippen LogP contribution in [-0.2, 0) is 19.6 Å². The van der Waals surface area contributed by atoms with Gasteiger partial charge in [-0.15, -0.1) is 0 Å². The van der Waals surface area contributed by atoms with Crippen molar-refractivity contribution in [2.45, 2.75) is 33.5 Å². The number of para-hydroxylation sites is 1. The van der Waals surface area contributed by atoms with Crippen molar-refractivity contribution in [1.29, 1.82) is 0 Å². The second-order valence-corrected chi connectivity index (χ2v) is 7.44. The largest absolute Gasteiger partial charge is 0.298 e. The van der Waals surface area contributed by atoms with E-state index in [1.807, 2.05) is 68.4 Å². The number of rotatable bonds is 4. The van der Waals surface area contributed by atoms with E-state index in [9.17, 15) is 4.79 Å². The van der Waals surface area contributed by atoms with Crippen molar-refractivity contribution in [1.82, 2.24) is 14.5 Å². The van der Waals surface area contributed by atoms with Gasteiger partial charge < -0.3 is 0 Å². The van der Waals surface area contributed by atoms with Crippen molar-refractivity contribution in [2.75, 3.05) is 11.6 Å². The fourth-order valence-electron chi connectivity index (χ4n) is 3.71. The SMILES string of the molecule is CCc1c(C)nc2n(c1=O)CN(Cc1ccccc1Cl)CN2c1ccccc1. The van der Waals surface area contributed by atoms with E-state index in [2.05, 4.69) is 9.80 Å². The highest BCUT2D eigenvalue weighted by Gasteiger charge is 2.27. The molecule has 0 aliphatic carbocycles. The minimum atomic E-state index is 0.0368. The van der Waals surface area contributed by atoms with Crippen molar-refractivity contribution in [3.05, 3.63) is 86.8 Å². The van der Waals surface area contributed by atoms with Crippen LogP contribution in [0, 0.1) is 6.92 Å². The summed E-state index contributed by atoms with van der Waals surface area (Å²) < 4.78 is 1.78. The first-order valence-corrected chi connectivity index (χ1v) is 9.85. The molecule has 0 amide bonds. The van der Waals surface area contributed by atoms with Crippen LogP contribution in [0.15, 0.2) is 59.4 Å². The Morgan fingerprint density at radius 3 is 2.46 bits per heavy atom. The Hall–Kier alpha value is -2.63. The molecule has 0 unspecified atom stereocenters. The van der Waals surface area contributed by atoms with E-state index in [0.717, 1.165) is 27.5 Å². The average Bonchev–Trinajstić information content (AvgIpc) is 2.71. The molecule has 0 bridgehead atoms. The minimum absolute atomic E-state index is 0.0368. The van der Waals surface area contributed by atoms with E-state index in [1.54, 1.807) is 4.57 Å². The van der Waals surface area contributed by atoms with Gasteiger partial charge in [-0.25, -0.2) is 4.98 Å².